The van der Waals surface area contributed by atoms with Crippen LogP contribution in [0.2, 0.25) is 5.02 Å². The van der Waals surface area contributed by atoms with Gasteiger partial charge in [-0.05, 0) is 59.2 Å². The van der Waals surface area contributed by atoms with E-state index in [1.165, 1.54) is 6.33 Å². The van der Waals surface area contributed by atoms with Crippen LogP contribution in [0, 0.1) is 0 Å². The van der Waals surface area contributed by atoms with E-state index in [-0.39, 0.29) is 12.3 Å². The lowest BCUT2D eigenvalue weighted by molar-refractivity contribution is -0.115. The minimum Gasteiger partial charge on any atom is -0.370 e. The Kier molecular flexibility index (Phi) is 5.02. The van der Waals surface area contributed by atoms with Crippen LogP contribution in [0.5, 0.6) is 0 Å². The predicted molar refractivity (Wildman–Crippen MR) is 104 cm³/mol. The number of halogens is 1. The highest BCUT2D eigenvalue weighted by atomic mass is 35.5. The molecule has 27 heavy (non-hydrogen) atoms. The molecule has 8 heteroatoms. The average Bonchev–Trinajstić information content (AvgIpc) is 3.37. The zero-order chi connectivity index (χ0) is 18.6. The maximum absolute atomic E-state index is 12.6. The standard InChI is InChI=1S/C19H19ClN6O/c20-15-5-3-14(4-6-15)11-19(27)22-17-12-16(26-13-21-23-24-26)7-8-18(17)25-9-1-2-10-25/h3-8,12-13H,1-2,9-11H2,(H,22,27). The molecule has 1 amide bonds. The van der Waals surface area contributed by atoms with Gasteiger partial charge in [0.05, 0.1) is 23.5 Å². The van der Waals surface area contributed by atoms with Crippen molar-refractivity contribution in [2.45, 2.75) is 19.3 Å². The van der Waals surface area contributed by atoms with Crippen molar-refractivity contribution in [3.63, 3.8) is 0 Å². The molecule has 0 aliphatic carbocycles. The minimum absolute atomic E-state index is 0.0772. The third-order valence-electron chi connectivity index (χ3n) is 4.59. The van der Waals surface area contributed by atoms with E-state index in [2.05, 4.69) is 25.7 Å². The fourth-order valence-corrected chi connectivity index (χ4v) is 3.39. The van der Waals surface area contributed by atoms with Crippen LogP contribution in [0.1, 0.15) is 18.4 Å². The summed E-state index contributed by atoms with van der Waals surface area (Å²) in [7, 11) is 0. The molecule has 2 aromatic carbocycles. The van der Waals surface area contributed by atoms with E-state index < -0.39 is 0 Å². The van der Waals surface area contributed by atoms with Gasteiger partial charge in [0.25, 0.3) is 0 Å². The molecule has 138 valence electrons. The first-order valence-electron chi connectivity index (χ1n) is 8.86. The van der Waals surface area contributed by atoms with Crippen molar-refractivity contribution in [1.29, 1.82) is 0 Å². The SMILES string of the molecule is O=C(Cc1ccc(Cl)cc1)Nc1cc(-n2cnnn2)ccc1N1CCCC1. The third-order valence-corrected chi connectivity index (χ3v) is 4.84. The molecule has 1 aliphatic rings. The van der Waals surface area contributed by atoms with E-state index in [1.54, 1.807) is 16.8 Å². The maximum atomic E-state index is 12.6. The third kappa shape index (κ3) is 4.09. The highest BCUT2D eigenvalue weighted by molar-refractivity contribution is 6.30. The van der Waals surface area contributed by atoms with Crippen LogP contribution in [-0.2, 0) is 11.2 Å². The zero-order valence-electron chi connectivity index (χ0n) is 14.7. The lowest BCUT2D eigenvalue weighted by Gasteiger charge is -2.22. The smallest absolute Gasteiger partial charge is 0.228 e. The molecule has 1 fully saturated rings. The number of carbonyl (C=O) groups is 1. The van der Waals surface area contributed by atoms with Gasteiger partial charge in [-0.15, -0.1) is 5.10 Å². The summed E-state index contributed by atoms with van der Waals surface area (Å²) in [6, 6.07) is 13.2. The second-order valence-corrected chi connectivity index (χ2v) is 6.94. The van der Waals surface area contributed by atoms with Crippen LogP contribution in [0.4, 0.5) is 11.4 Å². The zero-order valence-corrected chi connectivity index (χ0v) is 15.4. The summed E-state index contributed by atoms with van der Waals surface area (Å²) in [4.78, 5) is 14.9. The van der Waals surface area contributed by atoms with Crippen LogP contribution >= 0.6 is 11.6 Å². The number of hydrogen-bond donors (Lipinski definition) is 1. The molecule has 1 aromatic heterocycles. The van der Waals surface area contributed by atoms with Gasteiger partial charge in [-0.25, -0.2) is 4.68 Å². The van der Waals surface area contributed by atoms with Crippen LogP contribution < -0.4 is 10.2 Å². The Morgan fingerprint density at radius 3 is 2.59 bits per heavy atom. The Morgan fingerprint density at radius 1 is 1.11 bits per heavy atom. The van der Waals surface area contributed by atoms with Gasteiger partial charge in [-0.1, -0.05) is 23.7 Å². The molecule has 1 saturated heterocycles. The first-order chi connectivity index (χ1) is 13.2. The lowest BCUT2D eigenvalue weighted by atomic mass is 10.1. The molecule has 0 atom stereocenters. The highest BCUT2D eigenvalue weighted by Gasteiger charge is 2.18. The Labute approximate surface area is 161 Å². The number of carbonyl (C=O) groups excluding carboxylic acids is 1. The lowest BCUT2D eigenvalue weighted by Crippen LogP contribution is -2.22. The summed E-state index contributed by atoms with van der Waals surface area (Å²) in [5.74, 6) is -0.0772. The van der Waals surface area contributed by atoms with Gasteiger partial charge >= 0.3 is 0 Å². The van der Waals surface area contributed by atoms with Crippen molar-refractivity contribution >= 4 is 28.9 Å². The fraction of sp³-hybridized carbons (Fsp3) is 0.263. The summed E-state index contributed by atoms with van der Waals surface area (Å²) in [5, 5.41) is 15.0. The van der Waals surface area contributed by atoms with Crippen LogP contribution in [0.25, 0.3) is 5.69 Å². The maximum Gasteiger partial charge on any atom is 0.228 e. The van der Waals surface area contributed by atoms with E-state index in [0.29, 0.717) is 5.02 Å². The Balaban J connectivity index is 1.59. The normalized spacial score (nSPS) is 13.7. The average molecular weight is 383 g/mol. The molecule has 1 aliphatic heterocycles. The summed E-state index contributed by atoms with van der Waals surface area (Å²) < 4.78 is 1.57. The molecule has 4 rings (SSSR count). The van der Waals surface area contributed by atoms with Gasteiger partial charge < -0.3 is 10.2 Å². The number of nitrogens with zero attached hydrogens (tertiary/aromatic N) is 5. The quantitative estimate of drug-likeness (QED) is 0.733. The summed E-state index contributed by atoms with van der Waals surface area (Å²) in [6.07, 6.45) is 4.13. The molecular formula is C19H19ClN6O. The van der Waals surface area contributed by atoms with Gasteiger partial charge in [0, 0.05) is 18.1 Å². The number of hydrogen-bond acceptors (Lipinski definition) is 5. The van der Waals surface area contributed by atoms with E-state index in [0.717, 1.165) is 48.6 Å². The number of rotatable bonds is 5. The molecule has 0 bridgehead atoms. The second-order valence-electron chi connectivity index (χ2n) is 6.50. The molecule has 7 nitrogen and oxygen atoms in total. The van der Waals surface area contributed by atoms with E-state index in [9.17, 15) is 4.79 Å². The van der Waals surface area contributed by atoms with Crippen LogP contribution in [-0.4, -0.2) is 39.2 Å². The Bertz CT molecular complexity index is 920. The molecule has 3 aromatic rings. The first-order valence-corrected chi connectivity index (χ1v) is 9.23. The minimum atomic E-state index is -0.0772. The highest BCUT2D eigenvalue weighted by Crippen LogP contribution is 2.31. The number of benzene rings is 2. The molecule has 0 saturated carbocycles. The van der Waals surface area contributed by atoms with Crippen molar-refractivity contribution < 1.29 is 4.79 Å². The number of tetrazole rings is 1. The molecule has 1 N–H and O–H groups in total. The van der Waals surface area contributed by atoms with Crippen molar-refractivity contribution in [3.8, 4) is 5.69 Å². The second kappa shape index (κ2) is 7.75. The number of anilines is 2. The monoisotopic (exact) mass is 382 g/mol. The van der Waals surface area contributed by atoms with Gasteiger partial charge in [-0.3, -0.25) is 4.79 Å². The largest absolute Gasteiger partial charge is 0.370 e. The van der Waals surface area contributed by atoms with Gasteiger partial charge in [0.1, 0.15) is 6.33 Å². The van der Waals surface area contributed by atoms with E-state index in [4.69, 9.17) is 11.6 Å². The molecule has 2 heterocycles. The van der Waals surface area contributed by atoms with Crippen molar-refractivity contribution in [3.05, 3.63) is 59.4 Å². The van der Waals surface area contributed by atoms with Crippen molar-refractivity contribution in [1.82, 2.24) is 20.2 Å². The molecule has 0 radical (unpaired) electrons. The summed E-state index contributed by atoms with van der Waals surface area (Å²) >= 11 is 5.91. The van der Waals surface area contributed by atoms with Crippen molar-refractivity contribution in [2.75, 3.05) is 23.3 Å². The topological polar surface area (TPSA) is 75.9 Å². The van der Waals surface area contributed by atoms with Crippen molar-refractivity contribution in [2.24, 2.45) is 0 Å². The van der Waals surface area contributed by atoms with Gasteiger partial charge in [-0.2, -0.15) is 0 Å². The van der Waals surface area contributed by atoms with Gasteiger partial charge in [0.15, 0.2) is 0 Å². The van der Waals surface area contributed by atoms with Gasteiger partial charge in [0.2, 0.25) is 5.91 Å². The van der Waals surface area contributed by atoms with Crippen LogP contribution in [0.3, 0.4) is 0 Å². The van der Waals surface area contributed by atoms with E-state index >= 15 is 0 Å². The molecule has 0 spiro atoms. The Hall–Kier alpha value is -2.93. The predicted octanol–water partition coefficient (Wildman–Crippen LogP) is 3.10. The number of amides is 1. The Morgan fingerprint density at radius 2 is 1.89 bits per heavy atom. The fourth-order valence-electron chi connectivity index (χ4n) is 3.26. The van der Waals surface area contributed by atoms with Crippen LogP contribution in [0.15, 0.2) is 48.8 Å². The summed E-state index contributed by atoms with van der Waals surface area (Å²) in [5.41, 5.74) is 3.50. The number of aromatic nitrogens is 4. The van der Waals surface area contributed by atoms with E-state index in [1.807, 2.05) is 30.3 Å². The number of nitrogens with one attached hydrogen (secondary N) is 1. The molecular weight excluding hydrogens is 364 g/mol. The summed E-state index contributed by atoms with van der Waals surface area (Å²) in [6.45, 7) is 1.98. The molecule has 0 unspecified atom stereocenters. The first kappa shape index (κ1) is 17.5.